The molecule has 0 bridgehead atoms. The van der Waals surface area contributed by atoms with Gasteiger partial charge in [-0.25, -0.2) is 4.98 Å². The van der Waals surface area contributed by atoms with Crippen molar-refractivity contribution in [1.29, 1.82) is 0 Å². The van der Waals surface area contributed by atoms with E-state index in [2.05, 4.69) is 22.4 Å². The minimum Gasteiger partial charge on any atom is -0.366 e. The number of benzene rings is 2. The van der Waals surface area contributed by atoms with Crippen molar-refractivity contribution in [2.45, 2.75) is 6.42 Å². The van der Waals surface area contributed by atoms with Crippen LogP contribution in [0.1, 0.15) is 15.9 Å². The summed E-state index contributed by atoms with van der Waals surface area (Å²) in [5.41, 5.74) is 9.69. The van der Waals surface area contributed by atoms with Gasteiger partial charge in [0.25, 0.3) is 5.91 Å². The second kappa shape index (κ2) is 5.99. The molecule has 0 spiro atoms. The fourth-order valence-corrected chi connectivity index (χ4v) is 2.65. The number of carbonyl (C=O) groups is 1. The SMILES string of the molecule is CNCCc1ccccc1-n1cnc2c(C(N)=O)cccc21. The van der Waals surface area contributed by atoms with E-state index < -0.39 is 5.91 Å². The van der Waals surface area contributed by atoms with Crippen molar-refractivity contribution < 1.29 is 4.79 Å². The van der Waals surface area contributed by atoms with E-state index in [4.69, 9.17) is 5.73 Å². The molecule has 3 aromatic rings. The number of amides is 1. The van der Waals surface area contributed by atoms with E-state index in [9.17, 15) is 4.79 Å². The molecule has 0 saturated heterocycles. The Hall–Kier alpha value is -2.66. The van der Waals surface area contributed by atoms with Gasteiger partial charge in [-0.3, -0.25) is 9.36 Å². The van der Waals surface area contributed by atoms with Crippen molar-refractivity contribution in [2.24, 2.45) is 5.73 Å². The summed E-state index contributed by atoms with van der Waals surface area (Å²) in [4.78, 5) is 15.9. The number of likely N-dealkylation sites (N-methyl/N-ethyl adjacent to an activating group) is 1. The second-order valence-corrected chi connectivity index (χ2v) is 5.13. The molecule has 1 aromatic heterocycles. The summed E-state index contributed by atoms with van der Waals surface area (Å²) in [6, 6.07) is 13.7. The number of hydrogen-bond acceptors (Lipinski definition) is 3. The monoisotopic (exact) mass is 294 g/mol. The molecule has 22 heavy (non-hydrogen) atoms. The van der Waals surface area contributed by atoms with E-state index >= 15 is 0 Å². The molecule has 0 atom stereocenters. The third-order valence-electron chi connectivity index (χ3n) is 3.74. The molecule has 0 saturated carbocycles. The van der Waals surface area contributed by atoms with Gasteiger partial charge in [0.05, 0.1) is 16.8 Å². The maximum Gasteiger partial charge on any atom is 0.250 e. The Labute approximate surface area is 128 Å². The van der Waals surface area contributed by atoms with Gasteiger partial charge in [0.2, 0.25) is 0 Å². The van der Waals surface area contributed by atoms with Gasteiger partial charge < -0.3 is 11.1 Å². The number of nitrogens with two attached hydrogens (primary N) is 1. The van der Waals surface area contributed by atoms with Crippen LogP contribution in [0.15, 0.2) is 48.8 Å². The molecule has 1 amide bonds. The van der Waals surface area contributed by atoms with E-state index in [0.29, 0.717) is 11.1 Å². The molecule has 112 valence electrons. The van der Waals surface area contributed by atoms with Crippen molar-refractivity contribution >= 4 is 16.9 Å². The number of carbonyl (C=O) groups excluding carboxylic acids is 1. The second-order valence-electron chi connectivity index (χ2n) is 5.13. The molecule has 0 unspecified atom stereocenters. The Morgan fingerprint density at radius 2 is 2.05 bits per heavy atom. The summed E-state index contributed by atoms with van der Waals surface area (Å²) >= 11 is 0. The van der Waals surface area contributed by atoms with Crippen molar-refractivity contribution in [1.82, 2.24) is 14.9 Å². The minimum atomic E-state index is -0.459. The quantitative estimate of drug-likeness (QED) is 0.754. The maximum atomic E-state index is 11.5. The first-order chi connectivity index (χ1) is 10.7. The number of para-hydroxylation sites is 2. The first-order valence-corrected chi connectivity index (χ1v) is 7.21. The summed E-state index contributed by atoms with van der Waals surface area (Å²) in [5.74, 6) is -0.459. The lowest BCUT2D eigenvalue weighted by molar-refractivity contribution is 0.100. The summed E-state index contributed by atoms with van der Waals surface area (Å²) in [7, 11) is 1.94. The largest absolute Gasteiger partial charge is 0.366 e. The van der Waals surface area contributed by atoms with E-state index in [1.807, 2.05) is 35.9 Å². The number of primary amides is 1. The first kappa shape index (κ1) is 14.3. The van der Waals surface area contributed by atoms with Crippen LogP contribution in [-0.2, 0) is 6.42 Å². The van der Waals surface area contributed by atoms with E-state index in [-0.39, 0.29) is 0 Å². The fraction of sp³-hybridized carbons (Fsp3) is 0.176. The summed E-state index contributed by atoms with van der Waals surface area (Å²) in [6.45, 7) is 0.899. The molecule has 0 aliphatic heterocycles. The van der Waals surface area contributed by atoms with Crippen molar-refractivity contribution in [2.75, 3.05) is 13.6 Å². The van der Waals surface area contributed by atoms with E-state index in [0.717, 1.165) is 24.2 Å². The van der Waals surface area contributed by atoms with Crippen LogP contribution in [0.25, 0.3) is 16.7 Å². The molecule has 5 nitrogen and oxygen atoms in total. The molecule has 2 aromatic carbocycles. The number of aromatic nitrogens is 2. The molecule has 5 heteroatoms. The lowest BCUT2D eigenvalue weighted by atomic mass is 10.1. The Morgan fingerprint density at radius 1 is 1.23 bits per heavy atom. The summed E-state index contributed by atoms with van der Waals surface area (Å²) in [5, 5.41) is 3.16. The molecule has 1 heterocycles. The topological polar surface area (TPSA) is 72.9 Å². The highest BCUT2D eigenvalue weighted by Gasteiger charge is 2.13. The van der Waals surface area contributed by atoms with Crippen LogP contribution in [0.3, 0.4) is 0 Å². The van der Waals surface area contributed by atoms with Gasteiger partial charge in [-0.1, -0.05) is 24.3 Å². The average molecular weight is 294 g/mol. The van der Waals surface area contributed by atoms with Gasteiger partial charge in [0.1, 0.15) is 11.8 Å². The van der Waals surface area contributed by atoms with Crippen molar-refractivity contribution in [3.05, 3.63) is 59.9 Å². The third kappa shape index (κ3) is 2.46. The maximum absolute atomic E-state index is 11.5. The first-order valence-electron chi connectivity index (χ1n) is 7.21. The molecular formula is C17H18N4O. The van der Waals surface area contributed by atoms with Crippen LogP contribution >= 0.6 is 0 Å². The summed E-state index contributed by atoms with van der Waals surface area (Å²) < 4.78 is 2.01. The number of imidazole rings is 1. The van der Waals surface area contributed by atoms with Gasteiger partial charge in [0.15, 0.2) is 0 Å². The highest BCUT2D eigenvalue weighted by atomic mass is 16.1. The number of hydrogen-bond donors (Lipinski definition) is 2. The van der Waals surface area contributed by atoms with Gasteiger partial charge in [-0.05, 0) is 43.8 Å². The van der Waals surface area contributed by atoms with Crippen LogP contribution in [-0.4, -0.2) is 29.1 Å². The van der Waals surface area contributed by atoms with Crippen molar-refractivity contribution in [3.63, 3.8) is 0 Å². The van der Waals surface area contributed by atoms with Crippen LogP contribution in [0, 0.1) is 0 Å². The molecule has 0 aliphatic carbocycles. The lowest BCUT2D eigenvalue weighted by Crippen LogP contribution is -2.12. The van der Waals surface area contributed by atoms with Gasteiger partial charge in [0, 0.05) is 0 Å². The number of fused-ring (bicyclic) bond motifs is 1. The molecule has 0 aliphatic rings. The zero-order valence-electron chi connectivity index (χ0n) is 12.4. The number of rotatable bonds is 5. The number of nitrogens with one attached hydrogen (secondary N) is 1. The Balaban J connectivity index is 2.16. The predicted octanol–water partition coefficient (Wildman–Crippen LogP) is 1.89. The Morgan fingerprint density at radius 3 is 2.82 bits per heavy atom. The van der Waals surface area contributed by atoms with E-state index in [1.54, 1.807) is 12.4 Å². The standard InChI is InChI=1S/C17H18N4O/c1-19-10-9-12-5-2-3-7-14(12)21-11-20-16-13(17(18)22)6-4-8-15(16)21/h2-8,11,19H,9-10H2,1H3,(H2,18,22). The average Bonchev–Trinajstić information content (AvgIpc) is 2.96. The van der Waals surface area contributed by atoms with Crippen LogP contribution in [0.2, 0.25) is 0 Å². The van der Waals surface area contributed by atoms with Crippen molar-refractivity contribution in [3.8, 4) is 5.69 Å². The molecule has 3 N–H and O–H groups in total. The van der Waals surface area contributed by atoms with Crippen LogP contribution in [0.4, 0.5) is 0 Å². The predicted molar refractivity (Wildman–Crippen MR) is 87.2 cm³/mol. The molecule has 3 rings (SSSR count). The lowest BCUT2D eigenvalue weighted by Gasteiger charge is -2.11. The zero-order valence-corrected chi connectivity index (χ0v) is 12.4. The number of nitrogens with zero attached hydrogens (tertiary/aromatic N) is 2. The smallest absolute Gasteiger partial charge is 0.250 e. The van der Waals surface area contributed by atoms with Gasteiger partial charge in [-0.15, -0.1) is 0 Å². The molecule has 0 radical (unpaired) electrons. The van der Waals surface area contributed by atoms with Gasteiger partial charge >= 0.3 is 0 Å². The highest BCUT2D eigenvalue weighted by Crippen LogP contribution is 2.23. The minimum absolute atomic E-state index is 0.448. The Kier molecular flexibility index (Phi) is 3.89. The van der Waals surface area contributed by atoms with Gasteiger partial charge in [-0.2, -0.15) is 0 Å². The van der Waals surface area contributed by atoms with Crippen LogP contribution in [0.5, 0.6) is 0 Å². The zero-order chi connectivity index (χ0) is 15.5. The Bertz CT molecular complexity index is 822. The summed E-state index contributed by atoms with van der Waals surface area (Å²) in [6.07, 6.45) is 2.66. The fourth-order valence-electron chi connectivity index (χ4n) is 2.65. The third-order valence-corrected chi connectivity index (χ3v) is 3.74. The van der Waals surface area contributed by atoms with E-state index in [1.165, 1.54) is 5.56 Å². The normalized spacial score (nSPS) is 11.0. The molecule has 0 fully saturated rings. The highest BCUT2D eigenvalue weighted by molar-refractivity contribution is 6.04. The molecular weight excluding hydrogens is 276 g/mol. The van der Waals surface area contributed by atoms with Crippen LogP contribution < -0.4 is 11.1 Å².